The minimum absolute atomic E-state index is 0. The molecule has 1 aromatic carbocycles. The van der Waals surface area contributed by atoms with Crippen LogP contribution in [0, 0.1) is 17.6 Å². The number of hydrogen-bond acceptors (Lipinski definition) is 2. The van der Waals surface area contributed by atoms with E-state index in [9.17, 15) is 8.78 Å². The second-order valence-electron chi connectivity index (χ2n) is 6.22. The maximum Gasteiger partial charge on any atom is 0.144 e. The topological polar surface area (TPSA) is 15.3 Å². The first-order valence-electron chi connectivity index (χ1n) is 7.71. The molecule has 2 fully saturated rings. The van der Waals surface area contributed by atoms with E-state index in [0.29, 0.717) is 17.1 Å². The van der Waals surface area contributed by atoms with E-state index in [1.54, 1.807) is 0 Å². The molecule has 1 saturated heterocycles. The van der Waals surface area contributed by atoms with Crippen molar-refractivity contribution in [3.05, 3.63) is 33.8 Å². The van der Waals surface area contributed by atoms with Gasteiger partial charge in [0, 0.05) is 18.2 Å². The van der Waals surface area contributed by atoms with E-state index in [0.717, 1.165) is 38.4 Å². The Bertz CT molecular complexity index is 503. The molecule has 0 aromatic heterocycles. The van der Waals surface area contributed by atoms with Crippen LogP contribution in [0.1, 0.15) is 31.2 Å². The van der Waals surface area contributed by atoms with Crippen LogP contribution >= 0.6 is 28.3 Å². The van der Waals surface area contributed by atoms with Crippen LogP contribution in [0.15, 0.2) is 16.6 Å². The highest BCUT2D eigenvalue weighted by atomic mass is 79.9. The Morgan fingerprint density at radius 1 is 1.14 bits per heavy atom. The van der Waals surface area contributed by atoms with E-state index in [2.05, 4.69) is 26.1 Å². The molecule has 2 nitrogen and oxygen atoms in total. The lowest BCUT2D eigenvalue weighted by Crippen LogP contribution is -2.42. The highest BCUT2D eigenvalue weighted by Crippen LogP contribution is 2.28. The van der Waals surface area contributed by atoms with Gasteiger partial charge in [-0.3, -0.25) is 4.90 Å². The Morgan fingerprint density at radius 2 is 1.82 bits per heavy atom. The van der Waals surface area contributed by atoms with Gasteiger partial charge in [0.25, 0.3) is 0 Å². The molecule has 0 amide bonds. The number of nitrogens with zero attached hydrogens (tertiary/aromatic N) is 1. The van der Waals surface area contributed by atoms with Gasteiger partial charge < -0.3 is 5.32 Å². The molecule has 1 heterocycles. The molecule has 6 heteroatoms. The highest BCUT2D eigenvalue weighted by Gasteiger charge is 2.25. The van der Waals surface area contributed by atoms with E-state index >= 15 is 0 Å². The van der Waals surface area contributed by atoms with E-state index in [1.165, 1.54) is 25.0 Å². The van der Waals surface area contributed by atoms with Gasteiger partial charge in [-0.25, -0.2) is 8.78 Å². The Kier molecular flexibility index (Phi) is 6.62. The molecule has 0 radical (unpaired) electrons. The molecule has 0 atom stereocenters. The zero-order valence-electron chi connectivity index (χ0n) is 12.5. The minimum Gasteiger partial charge on any atom is -0.314 e. The zero-order chi connectivity index (χ0) is 14.8. The Labute approximate surface area is 145 Å². The van der Waals surface area contributed by atoms with Crippen LogP contribution in [0.4, 0.5) is 8.78 Å². The van der Waals surface area contributed by atoms with Crippen LogP contribution in [0.5, 0.6) is 0 Å². The first kappa shape index (κ1) is 18.1. The van der Waals surface area contributed by atoms with E-state index in [4.69, 9.17) is 0 Å². The maximum absolute atomic E-state index is 14.0. The minimum atomic E-state index is -0.469. The zero-order valence-corrected chi connectivity index (χ0v) is 14.9. The largest absolute Gasteiger partial charge is 0.314 e. The van der Waals surface area contributed by atoms with Crippen molar-refractivity contribution in [2.24, 2.45) is 5.92 Å². The van der Waals surface area contributed by atoms with Crippen molar-refractivity contribution in [1.29, 1.82) is 0 Å². The second-order valence-corrected chi connectivity index (χ2v) is 7.08. The first-order valence-corrected chi connectivity index (χ1v) is 8.51. The third-order valence-corrected chi connectivity index (χ3v) is 5.11. The average molecular weight is 396 g/mol. The van der Waals surface area contributed by atoms with Gasteiger partial charge in [-0.2, -0.15) is 0 Å². The fraction of sp³-hybridized carbons (Fsp3) is 0.625. The summed E-state index contributed by atoms with van der Waals surface area (Å²) in [5.74, 6) is -0.0263. The summed E-state index contributed by atoms with van der Waals surface area (Å²) in [4.78, 5) is 2.14. The smallest absolute Gasteiger partial charge is 0.144 e. The fourth-order valence-corrected chi connectivity index (χ4v) is 3.26. The summed E-state index contributed by atoms with van der Waals surface area (Å²) in [6, 6.07) is 3.31. The second kappa shape index (κ2) is 8.04. The normalized spacial score (nSPS) is 20.0. The van der Waals surface area contributed by atoms with E-state index < -0.39 is 11.6 Å². The molecule has 1 aliphatic heterocycles. The van der Waals surface area contributed by atoms with Crippen molar-refractivity contribution in [3.8, 4) is 0 Å². The van der Waals surface area contributed by atoms with Gasteiger partial charge in [0.2, 0.25) is 0 Å². The molecule has 2 aliphatic rings. The predicted molar refractivity (Wildman–Crippen MR) is 90.3 cm³/mol. The third kappa shape index (κ3) is 4.63. The molecule has 1 N–H and O–H groups in total. The molecular formula is C16H22BrClF2N2. The number of nitrogens with one attached hydrogen (secondary N) is 1. The third-order valence-electron chi connectivity index (χ3n) is 4.50. The fourth-order valence-electron chi connectivity index (χ4n) is 2.89. The molecule has 0 spiro atoms. The van der Waals surface area contributed by atoms with Crippen LogP contribution in [-0.4, -0.2) is 30.6 Å². The average Bonchev–Trinajstić information content (AvgIpc) is 3.31. The van der Waals surface area contributed by atoms with Crippen molar-refractivity contribution < 1.29 is 8.78 Å². The Balaban J connectivity index is 0.00000176. The predicted octanol–water partition coefficient (Wildman–Crippen LogP) is 4.11. The summed E-state index contributed by atoms with van der Waals surface area (Å²) in [5, 5.41) is 3.62. The summed E-state index contributed by atoms with van der Waals surface area (Å²) in [6.07, 6.45) is 4.86. The summed E-state index contributed by atoms with van der Waals surface area (Å²) < 4.78 is 28.1. The van der Waals surface area contributed by atoms with E-state index in [1.807, 2.05) is 0 Å². The van der Waals surface area contributed by atoms with Gasteiger partial charge >= 0.3 is 0 Å². The van der Waals surface area contributed by atoms with Crippen LogP contribution in [0.25, 0.3) is 0 Å². The molecule has 3 rings (SSSR count). The summed E-state index contributed by atoms with van der Waals surface area (Å²) in [6.45, 7) is 3.29. The van der Waals surface area contributed by atoms with Gasteiger partial charge in [0.15, 0.2) is 0 Å². The van der Waals surface area contributed by atoms with Crippen LogP contribution in [0.2, 0.25) is 0 Å². The van der Waals surface area contributed by atoms with E-state index in [-0.39, 0.29) is 18.0 Å². The van der Waals surface area contributed by atoms with Crippen molar-refractivity contribution >= 4 is 28.3 Å². The van der Waals surface area contributed by atoms with Gasteiger partial charge in [0.1, 0.15) is 11.6 Å². The molecular weight excluding hydrogens is 374 g/mol. The molecule has 1 aromatic rings. The lowest BCUT2D eigenvalue weighted by Gasteiger charge is -2.32. The van der Waals surface area contributed by atoms with Crippen molar-refractivity contribution in [3.63, 3.8) is 0 Å². The van der Waals surface area contributed by atoms with Gasteiger partial charge in [-0.15, -0.1) is 12.4 Å². The maximum atomic E-state index is 14.0. The van der Waals surface area contributed by atoms with Crippen LogP contribution < -0.4 is 5.32 Å². The standard InChI is InChI=1S/C16H21BrF2N2.ClH/c17-14-3-4-15(18)13(16(14)19)10-21-7-5-12(6-8-21)20-9-11-1-2-11;/h3-4,11-12,20H,1-2,5-10H2;1H. The molecule has 1 saturated carbocycles. The highest BCUT2D eigenvalue weighted by molar-refractivity contribution is 9.10. The monoisotopic (exact) mass is 394 g/mol. The number of hydrogen-bond donors (Lipinski definition) is 1. The van der Waals surface area contributed by atoms with Crippen molar-refractivity contribution in [1.82, 2.24) is 10.2 Å². The van der Waals surface area contributed by atoms with Gasteiger partial charge in [-0.1, -0.05) is 0 Å². The number of rotatable bonds is 5. The number of piperidine rings is 1. The molecule has 22 heavy (non-hydrogen) atoms. The number of halogens is 4. The summed E-state index contributed by atoms with van der Waals surface area (Å²) in [7, 11) is 0. The molecule has 1 aliphatic carbocycles. The van der Waals surface area contributed by atoms with Crippen LogP contribution in [-0.2, 0) is 6.54 Å². The quantitative estimate of drug-likeness (QED) is 0.755. The lowest BCUT2D eigenvalue weighted by atomic mass is 10.0. The SMILES string of the molecule is Cl.Fc1ccc(Br)c(F)c1CN1CCC(NCC2CC2)CC1. The number of likely N-dealkylation sites (tertiary alicyclic amines) is 1. The molecule has 0 bridgehead atoms. The number of benzene rings is 1. The lowest BCUT2D eigenvalue weighted by molar-refractivity contribution is 0.186. The first-order chi connectivity index (χ1) is 10.1. The van der Waals surface area contributed by atoms with Crippen molar-refractivity contribution in [2.75, 3.05) is 19.6 Å². The van der Waals surface area contributed by atoms with Crippen LogP contribution in [0.3, 0.4) is 0 Å². The summed E-state index contributed by atoms with van der Waals surface area (Å²) >= 11 is 3.12. The van der Waals surface area contributed by atoms with Crippen molar-refractivity contribution in [2.45, 2.75) is 38.3 Å². The molecule has 0 unspecified atom stereocenters. The Hall–Kier alpha value is -0.230. The summed E-state index contributed by atoms with van der Waals surface area (Å²) in [5.41, 5.74) is 0.175. The van der Waals surface area contributed by atoms with Gasteiger partial charge in [-0.05, 0) is 79.3 Å². The Morgan fingerprint density at radius 3 is 2.45 bits per heavy atom. The molecule has 124 valence electrons. The van der Waals surface area contributed by atoms with Gasteiger partial charge in [0.05, 0.1) is 4.47 Å².